The number of sulfonamides is 1. The molecule has 3 aromatic carbocycles. The number of hydrogen-bond acceptors (Lipinski definition) is 3. The minimum Gasteiger partial charge on any atom is -0.207 e. The maximum atomic E-state index is 14.2. The van der Waals surface area contributed by atoms with Crippen molar-refractivity contribution in [2.75, 3.05) is 0 Å². The Kier molecular flexibility index (Phi) is 8.85. The molecule has 3 nitrogen and oxygen atoms in total. The van der Waals surface area contributed by atoms with Crippen LogP contribution in [0.4, 0.5) is 0 Å². The molecule has 1 N–H and O–H groups in total. The van der Waals surface area contributed by atoms with E-state index in [1.807, 2.05) is 31.2 Å². The fourth-order valence-corrected chi connectivity index (χ4v) is 13.2. The Morgan fingerprint density at radius 2 is 1.41 bits per heavy atom. The maximum Gasteiger partial charge on any atom is 0.241 e. The van der Waals surface area contributed by atoms with E-state index in [-0.39, 0.29) is 0 Å². The van der Waals surface area contributed by atoms with Crippen molar-refractivity contribution in [1.29, 1.82) is 0 Å². The number of thiophene rings is 1. The lowest BCUT2D eigenvalue weighted by Crippen LogP contribution is -2.75. The zero-order valence-electron chi connectivity index (χ0n) is 22.0. The summed E-state index contributed by atoms with van der Waals surface area (Å²) < 4.78 is 31.7. The number of aryl methyl sites for hydroxylation is 1. The lowest BCUT2D eigenvalue weighted by Gasteiger charge is -2.48. The first-order valence-corrected chi connectivity index (χ1v) is 18.0. The van der Waals surface area contributed by atoms with Crippen LogP contribution in [0.1, 0.15) is 50.2 Å². The van der Waals surface area contributed by atoms with Crippen molar-refractivity contribution in [2.24, 2.45) is 0 Å². The van der Waals surface area contributed by atoms with Crippen LogP contribution < -0.4 is 15.1 Å². The Balaban J connectivity index is 1.99. The largest absolute Gasteiger partial charge is 0.241 e. The third kappa shape index (κ3) is 5.67. The van der Waals surface area contributed by atoms with E-state index in [1.54, 1.807) is 23.5 Å². The summed E-state index contributed by atoms with van der Waals surface area (Å²) >= 11 is 1.63. The van der Waals surface area contributed by atoms with E-state index < -0.39 is 23.3 Å². The second-order valence-electron chi connectivity index (χ2n) is 10.0. The van der Waals surface area contributed by atoms with Gasteiger partial charge in [0.05, 0.1) is 10.1 Å². The predicted molar refractivity (Wildman–Crippen MR) is 160 cm³/mol. The second-order valence-corrected chi connectivity index (χ2v) is 16.7. The smallest absolute Gasteiger partial charge is 0.207 e. The molecule has 37 heavy (non-hydrogen) atoms. The predicted octanol–water partition coefficient (Wildman–Crippen LogP) is 6.63. The van der Waals surface area contributed by atoms with Crippen LogP contribution in [0.2, 0.25) is 6.55 Å². The zero-order valence-corrected chi connectivity index (χ0v) is 24.6. The first-order valence-electron chi connectivity index (χ1n) is 13.1. The van der Waals surface area contributed by atoms with E-state index in [4.69, 9.17) is 0 Å². The molecule has 1 unspecified atom stereocenters. The summed E-state index contributed by atoms with van der Waals surface area (Å²) in [5.41, 5.74) is 2.10. The number of unbranched alkanes of at least 4 members (excludes halogenated alkanes) is 3. The average molecular weight is 548 g/mol. The van der Waals surface area contributed by atoms with Crippen LogP contribution >= 0.6 is 11.3 Å². The number of hydrogen-bond donors (Lipinski definition) is 1. The Labute approximate surface area is 227 Å². The third-order valence-electron chi connectivity index (χ3n) is 7.62. The van der Waals surface area contributed by atoms with E-state index in [2.05, 4.69) is 83.6 Å². The van der Waals surface area contributed by atoms with Crippen LogP contribution in [0.15, 0.2) is 107 Å². The maximum absolute atomic E-state index is 14.2. The Hall–Kier alpha value is -2.51. The van der Waals surface area contributed by atoms with Crippen molar-refractivity contribution in [1.82, 2.24) is 4.72 Å². The van der Waals surface area contributed by atoms with Crippen molar-refractivity contribution >= 4 is 39.8 Å². The fourth-order valence-electron chi connectivity index (χ4n) is 5.43. The summed E-state index contributed by atoms with van der Waals surface area (Å²) in [6, 6.07) is 30.4. The summed E-state index contributed by atoms with van der Waals surface area (Å²) in [6.45, 7) is 6.52. The van der Waals surface area contributed by atoms with E-state index >= 15 is 0 Å². The van der Waals surface area contributed by atoms with Crippen molar-refractivity contribution < 1.29 is 8.42 Å². The zero-order chi connectivity index (χ0) is 26.4. The van der Waals surface area contributed by atoms with Gasteiger partial charge >= 0.3 is 0 Å². The molecule has 0 aliphatic rings. The van der Waals surface area contributed by atoms with Crippen LogP contribution in [0, 0.1) is 6.92 Å². The van der Waals surface area contributed by atoms with Crippen LogP contribution in [0.3, 0.4) is 0 Å². The molecule has 0 aliphatic heterocycles. The molecule has 194 valence electrons. The number of rotatable bonds is 12. The van der Waals surface area contributed by atoms with Gasteiger partial charge in [-0.1, -0.05) is 128 Å². The third-order valence-corrected chi connectivity index (χ3v) is 15.3. The van der Waals surface area contributed by atoms with Gasteiger partial charge < -0.3 is 0 Å². The molecule has 0 radical (unpaired) electrons. The van der Waals surface area contributed by atoms with Gasteiger partial charge in [-0.25, -0.2) is 13.1 Å². The number of nitrogens with one attached hydrogen (secondary N) is 1. The first kappa shape index (κ1) is 27.5. The van der Waals surface area contributed by atoms with Gasteiger partial charge in [0.2, 0.25) is 10.0 Å². The van der Waals surface area contributed by atoms with Crippen molar-refractivity contribution in [2.45, 2.75) is 62.6 Å². The van der Waals surface area contributed by atoms with E-state index in [0.717, 1.165) is 43.2 Å². The van der Waals surface area contributed by atoms with Gasteiger partial charge in [0.15, 0.2) is 0 Å². The molecule has 0 saturated heterocycles. The van der Waals surface area contributed by atoms with Gasteiger partial charge in [-0.2, -0.15) is 11.3 Å². The molecular weight excluding hydrogens is 511 g/mol. The number of benzene rings is 3. The molecule has 4 rings (SSSR count). The van der Waals surface area contributed by atoms with E-state index in [9.17, 15) is 8.42 Å². The molecule has 1 aromatic heterocycles. The summed E-state index contributed by atoms with van der Waals surface area (Å²) in [5.74, 6) is 0. The van der Waals surface area contributed by atoms with Gasteiger partial charge in [0.25, 0.3) is 0 Å². The Bertz CT molecular complexity index is 1320. The topological polar surface area (TPSA) is 46.2 Å². The molecule has 6 heteroatoms. The van der Waals surface area contributed by atoms with Crippen molar-refractivity contribution in [3.63, 3.8) is 0 Å². The highest BCUT2D eigenvalue weighted by atomic mass is 32.2. The molecule has 0 bridgehead atoms. The lowest BCUT2D eigenvalue weighted by molar-refractivity contribution is 0.457. The Morgan fingerprint density at radius 1 is 0.811 bits per heavy atom. The summed E-state index contributed by atoms with van der Waals surface area (Å²) in [7, 11) is -6.60. The molecule has 0 fully saturated rings. The average Bonchev–Trinajstić information content (AvgIpc) is 3.47. The quantitative estimate of drug-likeness (QED) is 0.160. The normalized spacial score (nSPS) is 13.8. The van der Waals surface area contributed by atoms with Crippen LogP contribution in [0.5, 0.6) is 0 Å². The molecule has 1 heterocycles. The fraction of sp³-hybridized carbons (Fsp3) is 0.290. The van der Waals surface area contributed by atoms with Gasteiger partial charge in [-0.3, -0.25) is 0 Å². The molecule has 0 aliphatic carbocycles. The molecular formula is C31H37NO2S2Si. The second kappa shape index (κ2) is 11.9. The van der Waals surface area contributed by atoms with Crippen LogP contribution in [0.25, 0.3) is 0 Å². The standard InChI is InChI=1S/C31H37NO2S2Si/c1-4-5-6-13-23-31(27-22-24-35-25-27,32-36(33,34)28-20-18-26(2)19-21-28)37(3,29-14-9-7-10-15-29)30-16-11-8-12-17-30/h7-12,14-22,24-25,32H,4-6,13,23H2,1-3H3. The molecule has 1 atom stereocenters. The monoisotopic (exact) mass is 547 g/mol. The lowest BCUT2D eigenvalue weighted by atomic mass is 10.0. The van der Waals surface area contributed by atoms with Gasteiger partial charge in [-0.15, -0.1) is 0 Å². The van der Waals surface area contributed by atoms with E-state index in [1.165, 1.54) is 10.4 Å². The first-order chi connectivity index (χ1) is 17.8. The highest BCUT2D eigenvalue weighted by molar-refractivity contribution is 7.89. The molecule has 0 amide bonds. The SMILES string of the molecule is CCCCCCC(NS(=O)(=O)c1ccc(C)cc1)(c1ccsc1)[Si](C)(c1ccccc1)c1ccccc1. The molecule has 4 aromatic rings. The van der Waals surface area contributed by atoms with Crippen molar-refractivity contribution in [3.05, 3.63) is 113 Å². The highest BCUT2D eigenvalue weighted by Gasteiger charge is 2.55. The van der Waals surface area contributed by atoms with Crippen LogP contribution in [-0.2, 0) is 15.2 Å². The Morgan fingerprint density at radius 3 is 1.92 bits per heavy atom. The summed E-state index contributed by atoms with van der Waals surface area (Å²) in [5, 5.41) is 5.88. The van der Waals surface area contributed by atoms with Gasteiger partial charge in [0.1, 0.15) is 8.07 Å². The van der Waals surface area contributed by atoms with Gasteiger partial charge in [-0.05, 0) is 47.9 Å². The minimum atomic E-state index is -3.81. The minimum absolute atomic E-state index is 0.309. The van der Waals surface area contributed by atoms with Crippen LogP contribution in [-0.4, -0.2) is 16.5 Å². The summed E-state index contributed by atoms with van der Waals surface area (Å²) in [6.07, 6.45) is 5.03. The summed E-state index contributed by atoms with van der Waals surface area (Å²) in [4.78, 5) is 0.309. The van der Waals surface area contributed by atoms with Crippen molar-refractivity contribution in [3.8, 4) is 0 Å². The molecule has 0 saturated carbocycles. The van der Waals surface area contributed by atoms with Gasteiger partial charge in [0, 0.05) is 0 Å². The highest BCUT2D eigenvalue weighted by Crippen LogP contribution is 2.39. The molecule has 0 spiro atoms. The van der Waals surface area contributed by atoms with E-state index in [0.29, 0.717) is 4.90 Å².